The van der Waals surface area contributed by atoms with E-state index >= 15 is 0 Å². The van der Waals surface area contributed by atoms with Gasteiger partial charge >= 0.3 is 0 Å². The lowest BCUT2D eigenvalue weighted by Crippen LogP contribution is -2.35. The highest BCUT2D eigenvalue weighted by atomic mass is 16.7. The van der Waals surface area contributed by atoms with E-state index in [2.05, 4.69) is 24.2 Å². The maximum atomic E-state index is 12.4. The molecule has 0 aromatic heterocycles. The summed E-state index contributed by atoms with van der Waals surface area (Å²) < 4.78 is 16.2. The molecule has 0 spiro atoms. The van der Waals surface area contributed by atoms with Crippen LogP contribution in [-0.2, 0) is 4.74 Å². The number of carbonyl (C=O) groups excluding carboxylic acids is 1. The highest BCUT2D eigenvalue weighted by Crippen LogP contribution is 2.32. The molecule has 1 N–H and O–H groups in total. The fourth-order valence-electron chi connectivity index (χ4n) is 1.86. The van der Waals surface area contributed by atoms with E-state index in [-0.39, 0.29) is 30.9 Å². The average molecular weight is 320 g/mol. The second-order valence-electron chi connectivity index (χ2n) is 6.11. The van der Waals surface area contributed by atoms with Gasteiger partial charge in [0.1, 0.15) is 0 Å². The summed E-state index contributed by atoms with van der Waals surface area (Å²) in [4.78, 5) is 16.9. The van der Waals surface area contributed by atoms with Crippen LogP contribution in [0.15, 0.2) is 23.2 Å². The molecule has 1 aromatic carbocycles. The van der Waals surface area contributed by atoms with Gasteiger partial charge in [0.05, 0.1) is 12.1 Å². The smallest absolute Gasteiger partial charge is 0.292 e. The Labute approximate surface area is 136 Å². The van der Waals surface area contributed by atoms with Crippen molar-refractivity contribution in [3.63, 3.8) is 0 Å². The number of carbonyl (C=O) groups is 1. The van der Waals surface area contributed by atoms with E-state index in [0.29, 0.717) is 23.0 Å². The topological polar surface area (TPSA) is 69.2 Å². The van der Waals surface area contributed by atoms with Crippen LogP contribution in [0.2, 0.25) is 0 Å². The third-order valence-electron chi connectivity index (χ3n) is 3.49. The SMILES string of the molecule is CC(C)OC(=NC(C)C(C)C)NC(=O)c1ccc2c(c1)OCO2. The van der Waals surface area contributed by atoms with Gasteiger partial charge in [0.25, 0.3) is 11.9 Å². The number of nitrogens with one attached hydrogen (secondary N) is 1. The maximum Gasteiger partial charge on any atom is 0.292 e. The van der Waals surface area contributed by atoms with Crippen LogP contribution in [0.25, 0.3) is 0 Å². The van der Waals surface area contributed by atoms with Crippen LogP contribution in [-0.4, -0.2) is 30.9 Å². The Bertz CT molecular complexity index is 596. The van der Waals surface area contributed by atoms with Crippen molar-refractivity contribution in [1.82, 2.24) is 5.32 Å². The molecule has 1 amide bonds. The number of amidine groups is 1. The van der Waals surface area contributed by atoms with Crippen LogP contribution in [0, 0.1) is 5.92 Å². The average Bonchev–Trinajstić information content (AvgIpc) is 2.93. The summed E-state index contributed by atoms with van der Waals surface area (Å²) in [6.07, 6.45) is -0.0785. The van der Waals surface area contributed by atoms with Gasteiger partial charge in [0, 0.05) is 5.56 Å². The summed E-state index contributed by atoms with van der Waals surface area (Å²) in [5.74, 6) is 1.26. The molecule has 0 saturated heterocycles. The van der Waals surface area contributed by atoms with Crippen molar-refractivity contribution in [3.05, 3.63) is 23.8 Å². The van der Waals surface area contributed by atoms with Crippen LogP contribution in [0.5, 0.6) is 11.5 Å². The minimum absolute atomic E-state index is 0.0424. The van der Waals surface area contributed by atoms with Gasteiger partial charge in [-0.15, -0.1) is 0 Å². The van der Waals surface area contributed by atoms with E-state index in [1.807, 2.05) is 20.8 Å². The molecule has 1 aliphatic rings. The van der Waals surface area contributed by atoms with E-state index in [0.717, 1.165) is 0 Å². The Morgan fingerprint density at radius 2 is 1.87 bits per heavy atom. The molecule has 23 heavy (non-hydrogen) atoms. The van der Waals surface area contributed by atoms with Crippen LogP contribution in [0.3, 0.4) is 0 Å². The van der Waals surface area contributed by atoms with E-state index in [1.165, 1.54) is 0 Å². The Hall–Kier alpha value is -2.24. The van der Waals surface area contributed by atoms with Crippen LogP contribution < -0.4 is 14.8 Å². The monoisotopic (exact) mass is 320 g/mol. The molecule has 1 aliphatic heterocycles. The lowest BCUT2D eigenvalue weighted by atomic mass is 10.1. The molecule has 0 aliphatic carbocycles. The summed E-state index contributed by atoms with van der Waals surface area (Å²) >= 11 is 0. The normalized spacial score (nSPS) is 15.0. The largest absolute Gasteiger partial charge is 0.462 e. The molecule has 1 aromatic rings. The van der Waals surface area contributed by atoms with Gasteiger partial charge < -0.3 is 14.2 Å². The molecular formula is C17H24N2O4. The van der Waals surface area contributed by atoms with Crippen molar-refractivity contribution < 1.29 is 19.0 Å². The third-order valence-corrected chi connectivity index (χ3v) is 3.49. The molecular weight excluding hydrogens is 296 g/mol. The summed E-state index contributed by atoms with van der Waals surface area (Å²) in [7, 11) is 0. The first kappa shape index (κ1) is 17.1. The van der Waals surface area contributed by atoms with Gasteiger partial charge in [-0.1, -0.05) is 13.8 Å². The Kier molecular flexibility index (Phi) is 5.47. The molecule has 0 saturated carbocycles. The second-order valence-corrected chi connectivity index (χ2v) is 6.11. The van der Waals surface area contributed by atoms with Crippen molar-refractivity contribution in [2.75, 3.05) is 6.79 Å². The van der Waals surface area contributed by atoms with Crippen LogP contribution in [0.1, 0.15) is 45.0 Å². The lowest BCUT2D eigenvalue weighted by Gasteiger charge is -2.17. The van der Waals surface area contributed by atoms with E-state index in [4.69, 9.17) is 14.2 Å². The Morgan fingerprint density at radius 3 is 2.52 bits per heavy atom. The molecule has 0 radical (unpaired) electrons. The quantitative estimate of drug-likeness (QED) is 0.684. The molecule has 2 rings (SSSR count). The first-order valence-electron chi connectivity index (χ1n) is 7.82. The highest BCUT2D eigenvalue weighted by molar-refractivity contribution is 6.04. The molecule has 6 heteroatoms. The molecule has 1 unspecified atom stereocenters. The summed E-state index contributed by atoms with van der Waals surface area (Å²) in [6, 6.07) is 5.33. The van der Waals surface area contributed by atoms with E-state index < -0.39 is 0 Å². The maximum absolute atomic E-state index is 12.4. The fraction of sp³-hybridized carbons (Fsp3) is 0.529. The van der Waals surface area contributed by atoms with E-state index in [9.17, 15) is 4.79 Å². The number of hydrogen-bond donors (Lipinski definition) is 1. The van der Waals surface area contributed by atoms with Gasteiger partial charge in [0.2, 0.25) is 6.79 Å². The number of fused-ring (bicyclic) bond motifs is 1. The first-order valence-corrected chi connectivity index (χ1v) is 7.82. The standard InChI is InChI=1S/C17H24N2O4/c1-10(2)12(5)18-17(23-11(3)4)19-16(20)13-6-7-14-15(8-13)22-9-21-14/h6-8,10-12H,9H2,1-5H3,(H,18,19,20). The number of ether oxygens (including phenoxy) is 3. The van der Waals surface area contributed by atoms with Crippen molar-refractivity contribution in [2.24, 2.45) is 10.9 Å². The number of rotatable bonds is 4. The zero-order valence-corrected chi connectivity index (χ0v) is 14.3. The van der Waals surface area contributed by atoms with Crippen molar-refractivity contribution >= 4 is 11.9 Å². The number of nitrogens with zero attached hydrogens (tertiary/aromatic N) is 1. The molecule has 1 heterocycles. The first-order chi connectivity index (χ1) is 10.9. The Balaban J connectivity index is 2.13. The van der Waals surface area contributed by atoms with Gasteiger partial charge in [0.15, 0.2) is 11.5 Å². The van der Waals surface area contributed by atoms with Gasteiger partial charge in [-0.3, -0.25) is 10.1 Å². The van der Waals surface area contributed by atoms with Gasteiger partial charge in [-0.2, -0.15) is 0 Å². The zero-order chi connectivity index (χ0) is 17.0. The van der Waals surface area contributed by atoms with Crippen molar-refractivity contribution in [2.45, 2.75) is 46.8 Å². The number of benzene rings is 1. The molecule has 0 bridgehead atoms. The zero-order valence-electron chi connectivity index (χ0n) is 14.3. The van der Waals surface area contributed by atoms with Crippen LogP contribution >= 0.6 is 0 Å². The van der Waals surface area contributed by atoms with Gasteiger partial charge in [-0.25, -0.2) is 4.99 Å². The minimum atomic E-state index is -0.293. The predicted octanol–water partition coefficient (Wildman–Crippen LogP) is 2.97. The lowest BCUT2D eigenvalue weighted by molar-refractivity contribution is 0.0958. The third kappa shape index (κ3) is 4.61. The van der Waals surface area contributed by atoms with E-state index in [1.54, 1.807) is 18.2 Å². The van der Waals surface area contributed by atoms with Crippen molar-refractivity contribution in [3.8, 4) is 11.5 Å². The van der Waals surface area contributed by atoms with Crippen molar-refractivity contribution in [1.29, 1.82) is 0 Å². The summed E-state index contributed by atoms with van der Waals surface area (Å²) in [5, 5.41) is 2.73. The molecule has 1 atom stereocenters. The minimum Gasteiger partial charge on any atom is -0.462 e. The highest BCUT2D eigenvalue weighted by Gasteiger charge is 2.18. The second kappa shape index (κ2) is 7.35. The molecule has 0 fully saturated rings. The fourth-order valence-corrected chi connectivity index (χ4v) is 1.86. The number of amides is 1. The molecule has 6 nitrogen and oxygen atoms in total. The Morgan fingerprint density at radius 1 is 1.17 bits per heavy atom. The summed E-state index contributed by atoms with van der Waals surface area (Å²) in [5.41, 5.74) is 0.464. The number of hydrogen-bond acceptors (Lipinski definition) is 5. The predicted molar refractivity (Wildman–Crippen MR) is 88.0 cm³/mol. The molecule has 126 valence electrons. The van der Waals surface area contributed by atoms with Gasteiger partial charge in [-0.05, 0) is 44.9 Å². The summed E-state index contributed by atoms with van der Waals surface area (Å²) in [6.45, 7) is 10.1. The van der Waals surface area contributed by atoms with Crippen LogP contribution in [0.4, 0.5) is 0 Å². The number of aliphatic imine (C=N–C) groups is 1.